The number of hydrogen-bond acceptors (Lipinski definition) is 2. The molecule has 2 rings (SSSR count). The number of fused-ring (bicyclic) bond motifs is 2. The van der Waals surface area contributed by atoms with Gasteiger partial charge in [0.25, 0.3) is 0 Å². The van der Waals surface area contributed by atoms with Crippen LogP contribution in [0.5, 0.6) is 0 Å². The molecule has 2 bridgehead atoms. The fourth-order valence-electron chi connectivity index (χ4n) is 3.04. The van der Waals surface area contributed by atoms with Gasteiger partial charge in [-0.25, -0.2) is 0 Å². The van der Waals surface area contributed by atoms with Crippen molar-refractivity contribution in [2.24, 2.45) is 0 Å². The van der Waals surface area contributed by atoms with Gasteiger partial charge in [0.1, 0.15) is 0 Å². The van der Waals surface area contributed by atoms with Crippen molar-refractivity contribution in [3.8, 4) is 0 Å². The van der Waals surface area contributed by atoms with E-state index in [1.54, 1.807) is 12.2 Å². The van der Waals surface area contributed by atoms with Crippen molar-refractivity contribution >= 4 is 0 Å². The first-order chi connectivity index (χ1) is 9.69. The van der Waals surface area contributed by atoms with E-state index in [0.717, 1.165) is 36.6 Å². The minimum Gasteiger partial charge on any atom is -0.368 e. The quantitative estimate of drug-likeness (QED) is 0.770. The maximum Gasteiger partial charge on any atom is 0.392 e. The molecule has 0 N–H and O–H groups in total. The van der Waals surface area contributed by atoms with Crippen molar-refractivity contribution in [3.63, 3.8) is 0 Å². The minimum absolute atomic E-state index is 0.297. The molecule has 2 aliphatic heterocycles. The van der Waals surface area contributed by atoms with E-state index < -0.39 is 12.6 Å². The highest BCUT2D eigenvalue weighted by Crippen LogP contribution is 2.36. The second kappa shape index (κ2) is 5.62. The van der Waals surface area contributed by atoms with E-state index in [4.69, 9.17) is 0 Å². The lowest BCUT2D eigenvalue weighted by atomic mass is 10.1. The average Bonchev–Trinajstić information content (AvgIpc) is 2.71. The Morgan fingerprint density at radius 2 is 2.05 bits per heavy atom. The molecule has 0 aromatic heterocycles. The number of hydrogen-bond donors (Lipinski definition) is 0. The predicted octanol–water partition coefficient (Wildman–Crippen LogP) is 4.21. The third-order valence-electron chi connectivity index (χ3n) is 3.87. The summed E-state index contributed by atoms with van der Waals surface area (Å²) in [5.41, 5.74) is 2.94. The monoisotopic (exact) mass is 298 g/mol. The lowest BCUT2D eigenvalue weighted by Gasteiger charge is -2.40. The highest BCUT2D eigenvalue weighted by atomic mass is 19.4. The van der Waals surface area contributed by atoms with Gasteiger partial charge in [-0.1, -0.05) is 24.8 Å². The van der Waals surface area contributed by atoms with E-state index in [1.165, 1.54) is 6.92 Å². The number of alkyl halides is 3. The van der Waals surface area contributed by atoms with E-state index in [0.29, 0.717) is 11.6 Å². The fourth-order valence-corrected chi connectivity index (χ4v) is 3.04. The number of piperazine rings is 1. The van der Waals surface area contributed by atoms with Crippen LogP contribution >= 0.6 is 0 Å². The van der Waals surface area contributed by atoms with Crippen molar-refractivity contribution in [1.82, 2.24) is 9.80 Å². The standard InChI is InChI=1S/C16H21F3N2/c1-11(2)21-13(4)15(20-8-7-14(21)10-20)6-5-12(3)9-16(17,18)19/h5-6,14H,1,4,7-10H2,2-3H3/b12-5+,15-6+. The Balaban J connectivity index is 2.21. The molecule has 2 heterocycles. The smallest absolute Gasteiger partial charge is 0.368 e. The zero-order chi connectivity index (χ0) is 15.8. The molecule has 0 aromatic carbocycles. The Labute approximate surface area is 123 Å². The summed E-state index contributed by atoms with van der Waals surface area (Å²) in [6, 6.07) is 0.382. The average molecular weight is 298 g/mol. The molecule has 0 aromatic rings. The first kappa shape index (κ1) is 15.7. The highest BCUT2D eigenvalue weighted by Gasteiger charge is 2.37. The van der Waals surface area contributed by atoms with Gasteiger partial charge in [-0.05, 0) is 26.3 Å². The summed E-state index contributed by atoms with van der Waals surface area (Å²) in [4.78, 5) is 4.28. The zero-order valence-electron chi connectivity index (χ0n) is 12.5. The van der Waals surface area contributed by atoms with Gasteiger partial charge in [0, 0.05) is 18.8 Å². The topological polar surface area (TPSA) is 6.48 Å². The number of allylic oxidation sites excluding steroid dienone is 4. The third kappa shape index (κ3) is 3.52. The molecule has 0 saturated carbocycles. The van der Waals surface area contributed by atoms with Crippen molar-refractivity contribution in [3.05, 3.63) is 48.0 Å². The summed E-state index contributed by atoms with van der Waals surface area (Å²) in [5, 5.41) is 0. The number of halogens is 3. The minimum atomic E-state index is -4.16. The molecule has 1 unspecified atom stereocenters. The van der Waals surface area contributed by atoms with E-state index in [9.17, 15) is 13.2 Å². The number of nitrogens with zero attached hydrogens (tertiary/aromatic N) is 2. The van der Waals surface area contributed by atoms with Crippen LogP contribution in [-0.4, -0.2) is 35.1 Å². The SMILES string of the molecule is C=C(C)N1C(=C)/C(=C\C=C(/C)CC(F)(F)F)N2CCC1C2. The summed E-state index contributed by atoms with van der Waals surface area (Å²) >= 11 is 0. The molecule has 2 fully saturated rings. The molecular weight excluding hydrogens is 277 g/mol. The second-order valence-electron chi connectivity index (χ2n) is 5.80. The normalized spacial score (nSPS) is 25.0. The van der Waals surface area contributed by atoms with Crippen LogP contribution in [0.1, 0.15) is 26.7 Å². The molecule has 5 heteroatoms. The Morgan fingerprint density at radius 1 is 1.38 bits per heavy atom. The van der Waals surface area contributed by atoms with Gasteiger partial charge in [-0.2, -0.15) is 13.2 Å². The summed E-state index contributed by atoms with van der Waals surface area (Å²) in [6.07, 6.45) is -0.722. The van der Waals surface area contributed by atoms with Gasteiger partial charge in [0.15, 0.2) is 0 Å². The first-order valence-electron chi connectivity index (χ1n) is 7.02. The lowest BCUT2D eigenvalue weighted by molar-refractivity contribution is -0.127. The Morgan fingerprint density at radius 3 is 2.62 bits per heavy atom. The van der Waals surface area contributed by atoms with Crippen LogP contribution in [0.15, 0.2) is 48.0 Å². The first-order valence-corrected chi connectivity index (χ1v) is 7.02. The fraction of sp³-hybridized carbons (Fsp3) is 0.500. The van der Waals surface area contributed by atoms with Gasteiger partial charge in [0.05, 0.1) is 23.9 Å². The van der Waals surface area contributed by atoms with Crippen LogP contribution in [0.25, 0.3) is 0 Å². The van der Waals surface area contributed by atoms with Crippen molar-refractivity contribution in [2.75, 3.05) is 13.1 Å². The Bertz CT molecular complexity index is 514. The predicted molar refractivity (Wildman–Crippen MR) is 78.3 cm³/mol. The van der Waals surface area contributed by atoms with Crippen LogP contribution in [-0.2, 0) is 0 Å². The molecule has 1 atom stereocenters. The van der Waals surface area contributed by atoms with Crippen molar-refractivity contribution < 1.29 is 13.2 Å². The molecule has 2 aliphatic rings. The molecular formula is C16H21F3N2. The Hall–Kier alpha value is -1.65. The van der Waals surface area contributed by atoms with Crippen LogP contribution in [0, 0.1) is 0 Å². The van der Waals surface area contributed by atoms with Gasteiger partial charge in [-0.15, -0.1) is 0 Å². The lowest BCUT2D eigenvalue weighted by Crippen LogP contribution is -2.42. The number of rotatable bonds is 3. The van der Waals surface area contributed by atoms with Crippen molar-refractivity contribution in [1.29, 1.82) is 0 Å². The van der Waals surface area contributed by atoms with Crippen LogP contribution in [0.3, 0.4) is 0 Å². The van der Waals surface area contributed by atoms with E-state index >= 15 is 0 Å². The van der Waals surface area contributed by atoms with Crippen LogP contribution < -0.4 is 0 Å². The third-order valence-corrected chi connectivity index (χ3v) is 3.87. The maximum absolute atomic E-state index is 12.4. The molecule has 2 nitrogen and oxygen atoms in total. The zero-order valence-corrected chi connectivity index (χ0v) is 12.5. The van der Waals surface area contributed by atoms with Gasteiger partial charge >= 0.3 is 6.18 Å². The largest absolute Gasteiger partial charge is 0.392 e. The summed E-state index contributed by atoms with van der Waals surface area (Å²) < 4.78 is 37.1. The van der Waals surface area contributed by atoms with Gasteiger partial charge in [0.2, 0.25) is 0 Å². The summed E-state index contributed by atoms with van der Waals surface area (Å²) in [6.45, 7) is 13.3. The Kier molecular flexibility index (Phi) is 4.21. The summed E-state index contributed by atoms with van der Waals surface area (Å²) in [5.74, 6) is 0. The van der Waals surface area contributed by atoms with Crippen LogP contribution in [0.4, 0.5) is 13.2 Å². The van der Waals surface area contributed by atoms with E-state index in [2.05, 4.69) is 23.0 Å². The molecule has 0 aliphatic carbocycles. The molecule has 0 spiro atoms. The second-order valence-corrected chi connectivity index (χ2v) is 5.80. The van der Waals surface area contributed by atoms with Crippen molar-refractivity contribution in [2.45, 2.75) is 38.9 Å². The van der Waals surface area contributed by atoms with Crippen LogP contribution in [0.2, 0.25) is 0 Å². The molecule has 0 amide bonds. The van der Waals surface area contributed by atoms with Gasteiger partial charge < -0.3 is 9.80 Å². The maximum atomic E-state index is 12.4. The molecule has 0 radical (unpaired) electrons. The van der Waals surface area contributed by atoms with E-state index in [1.807, 2.05) is 6.92 Å². The molecule has 2 saturated heterocycles. The molecule has 21 heavy (non-hydrogen) atoms. The van der Waals surface area contributed by atoms with E-state index in [-0.39, 0.29) is 0 Å². The summed E-state index contributed by atoms with van der Waals surface area (Å²) in [7, 11) is 0. The van der Waals surface area contributed by atoms with Gasteiger partial charge in [-0.3, -0.25) is 0 Å². The highest BCUT2D eigenvalue weighted by molar-refractivity contribution is 5.37. The molecule has 116 valence electrons.